The van der Waals surface area contributed by atoms with E-state index in [0.29, 0.717) is 23.9 Å². The van der Waals surface area contributed by atoms with E-state index in [1.807, 2.05) is 0 Å². The van der Waals surface area contributed by atoms with Crippen molar-refractivity contribution < 1.29 is 14.6 Å². The SMILES string of the molecule is COCCN(C)c1c(Cl)cccc1C(=O)O. The topological polar surface area (TPSA) is 49.8 Å². The van der Waals surface area contributed by atoms with E-state index >= 15 is 0 Å². The van der Waals surface area contributed by atoms with Crippen LogP contribution in [0.2, 0.25) is 5.02 Å². The molecule has 0 saturated heterocycles. The number of rotatable bonds is 5. The first-order valence-corrected chi connectivity index (χ1v) is 5.17. The molecular formula is C11H14ClNO3. The molecule has 0 atom stereocenters. The molecule has 5 heteroatoms. The first kappa shape index (κ1) is 12.8. The van der Waals surface area contributed by atoms with Crippen LogP contribution in [0.25, 0.3) is 0 Å². The van der Waals surface area contributed by atoms with Crippen molar-refractivity contribution in [3.8, 4) is 0 Å². The summed E-state index contributed by atoms with van der Waals surface area (Å²) in [6.07, 6.45) is 0. The van der Waals surface area contributed by atoms with Crippen molar-refractivity contribution >= 4 is 23.3 Å². The number of likely N-dealkylation sites (N-methyl/N-ethyl adjacent to an activating group) is 1. The summed E-state index contributed by atoms with van der Waals surface area (Å²) in [6, 6.07) is 4.83. The van der Waals surface area contributed by atoms with E-state index in [4.69, 9.17) is 21.4 Å². The standard InChI is InChI=1S/C11H14ClNO3/c1-13(6-7-16-2)10-8(11(14)15)4-3-5-9(10)12/h3-5H,6-7H2,1-2H3,(H,14,15). The van der Waals surface area contributed by atoms with Gasteiger partial charge in [-0.25, -0.2) is 4.79 Å². The molecule has 0 aromatic heterocycles. The average Bonchev–Trinajstić information content (AvgIpc) is 2.25. The summed E-state index contributed by atoms with van der Waals surface area (Å²) in [7, 11) is 3.38. The summed E-state index contributed by atoms with van der Waals surface area (Å²) >= 11 is 6.00. The number of hydrogen-bond acceptors (Lipinski definition) is 3. The van der Waals surface area contributed by atoms with Crippen LogP contribution < -0.4 is 4.90 Å². The van der Waals surface area contributed by atoms with Gasteiger partial charge in [0.2, 0.25) is 0 Å². The van der Waals surface area contributed by atoms with Gasteiger partial charge >= 0.3 is 5.97 Å². The Bertz CT molecular complexity index is 381. The summed E-state index contributed by atoms with van der Waals surface area (Å²) in [5, 5.41) is 9.48. The Balaban J connectivity index is 3.04. The minimum Gasteiger partial charge on any atom is -0.478 e. The van der Waals surface area contributed by atoms with Crippen molar-refractivity contribution in [2.24, 2.45) is 0 Å². The molecule has 0 aliphatic heterocycles. The second-order valence-electron chi connectivity index (χ2n) is 3.36. The molecule has 0 unspecified atom stereocenters. The number of aromatic carboxylic acids is 1. The molecule has 4 nitrogen and oxygen atoms in total. The summed E-state index contributed by atoms with van der Waals surface area (Å²) in [4.78, 5) is 12.8. The number of carboxylic acids is 1. The smallest absolute Gasteiger partial charge is 0.337 e. The lowest BCUT2D eigenvalue weighted by atomic mass is 10.1. The van der Waals surface area contributed by atoms with Gasteiger partial charge in [0.25, 0.3) is 0 Å². The third-order valence-electron chi connectivity index (χ3n) is 2.23. The van der Waals surface area contributed by atoms with Crippen molar-refractivity contribution in [3.63, 3.8) is 0 Å². The number of carbonyl (C=O) groups is 1. The molecule has 0 aliphatic rings. The number of ether oxygens (including phenoxy) is 1. The number of para-hydroxylation sites is 1. The maximum absolute atomic E-state index is 11.0. The van der Waals surface area contributed by atoms with Gasteiger partial charge < -0.3 is 14.7 Å². The number of nitrogens with zero attached hydrogens (tertiary/aromatic N) is 1. The highest BCUT2D eigenvalue weighted by Crippen LogP contribution is 2.28. The summed E-state index contributed by atoms with van der Waals surface area (Å²) in [5.41, 5.74) is 0.722. The molecule has 0 fully saturated rings. The lowest BCUT2D eigenvalue weighted by Crippen LogP contribution is -2.24. The minimum atomic E-state index is -0.984. The van der Waals surface area contributed by atoms with Gasteiger partial charge in [0.1, 0.15) is 0 Å². The van der Waals surface area contributed by atoms with Gasteiger partial charge in [-0.15, -0.1) is 0 Å². The number of halogens is 1. The van der Waals surface area contributed by atoms with Crippen LogP contribution in [0.1, 0.15) is 10.4 Å². The zero-order chi connectivity index (χ0) is 12.1. The van der Waals surface area contributed by atoms with Gasteiger partial charge in [-0.2, -0.15) is 0 Å². The fourth-order valence-corrected chi connectivity index (χ4v) is 1.73. The molecule has 0 bridgehead atoms. The van der Waals surface area contributed by atoms with Crippen molar-refractivity contribution in [2.45, 2.75) is 0 Å². The van der Waals surface area contributed by atoms with Crippen LogP contribution >= 0.6 is 11.6 Å². The first-order valence-electron chi connectivity index (χ1n) is 4.79. The molecule has 1 aromatic carbocycles. The second kappa shape index (κ2) is 5.72. The Kier molecular flexibility index (Phi) is 4.58. The maximum Gasteiger partial charge on any atom is 0.337 e. The molecule has 0 saturated carbocycles. The van der Waals surface area contributed by atoms with Gasteiger partial charge in [0.15, 0.2) is 0 Å². The van der Waals surface area contributed by atoms with Gasteiger partial charge in [0, 0.05) is 20.7 Å². The molecule has 0 radical (unpaired) electrons. The fraction of sp³-hybridized carbons (Fsp3) is 0.364. The van der Waals surface area contributed by atoms with E-state index in [1.165, 1.54) is 6.07 Å². The predicted molar refractivity (Wildman–Crippen MR) is 63.6 cm³/mol. The molecule has 1 aromatic rings. The van der Waals surface area contributed by atoms with Crippen LogP contribution in [0, 0.1) is 0 Å². The van der Waals surface area contributed by atoms with Gasteiger partial charge in [-0.05, 0) is 12.1 Å². The van der Waals surface area contributed by atoms with E-state index in [1.54, 1.807) is 31.2 Å². The van der Waals surface area contributed by atoms with Gasteiger partial charge in [-0.1, -0.05) is 17.7 Å². The second-order valence-corrected chi connectivity index (χ2v) is 3.76. The maximum atomic E-state index is 11.0. The predicted octanol–water partition coefficient (Wildman–Crippen LogP) is 2.12. The molecule has 0 amide bonds. The van der Waals surface area contributed by atoms with E-state index in [9.17, 15) is 4.79 Å². The number of anilines is 1. The van der Waals surface area contributed by atoms with Crippen LogP contribution in [0.5, 0.6) is 0 Å². The highest BCUT2D eigenvalue weighted by molar-refractivity contribution is 6.34. The number of hydrogen-bond donors (Lipinski definition) is 1. The lowest BCUT2D eigenvalue weighted by molar-refractivity contribution is 0.0697. The van der Waals surface area contributed by atoms with Crippen molar-refractivity contribution in [1.82, 2.24) is 0 Å². The van der Waals surface area contributed by atoms with Crippen molar-refractivity contribution in [3.05, 3.63) is 28.8 Å². The van der Waals surface area contributed by atoms with Crippen LogP contribution in [0.15, 0.2) is 18.2 Å². The fourth-order valence-electron chi connectivity index (χ4n) is 1.42. The molecule has 0 heterocycles. The molecule has 0 aliphatic carbocycles. The Labute approximate surface area is 99.4 Å². The normalized spacial score (nSPS) is 10.2. The van der Waals surface area contributed by atoms with E-state index in [2.05, 4.69) is 0 Å². The molecule has 1 N–H and O–H groups in total. The number of carboxylic acid groups (broad SMARTS) is 1. The Morgan fingerprint density at radius 1 is 1.56 bits per heavy atom. The van der Waals surface area contributed by atoms with E-state index in [0.717, 1.165) is 0 Å². The highest BCUT2D eigenvalue weighted by atomic mass is 35.5. The minimum absolute atomic E-state index is 0.200. The monoisotopic (exact) mass is 243 g/mol. The number of benzene rings is 1. The zero-order valence-corrected chi connectivity index (χ0v) is 9.99. The third-order valence-corrected chi connectivity index (χ3v) is 2.53. The van der Waals surface area contributed by atoms with E-state index < -0.39 is 5.97 Å². The van der Waals surface area contributed by atoms with Gasteiger partial charge in [0.05, 0.1) is 22.9 Å². The number of methoxy groups -OCH3 is 1. The zero-order valence-electron chi connectivity index (χ0n) is 9.24. The molecule has 0 spiro atoms. The Morgan fingerprint density at radius 2 is 2.25 bits per heavy atom. The lowest BCUT2D eigenvalue weighted by Gasteiger charge is -2.21. The first-order chi connectivity index (χ1) is 7.57. The van der Waals surface area contributed by atoms with Crippen LogP contribution in [-0.4, -0.2) is 38.4 Å². The molecule has 16 heavy (non-hydrogen) atoms. The van der Waals surface area contributed by atoms with Crippen LogP contribution in [0.3, 0.4) is 0 Å². The van der Waals surface area contributed by atoms with E-state index in [-0.39, 0.29) is 5.56 Å². The highest BCUT2D eigenvalue weighted by Gasteiger charge is 2.16. The average molecular weight is 244 g/mol. The summed E-state index contributed by atoms with van der Waals surface area (Å²) in [6.45, 7) is 1.10. The molecular weight excluding hydrogens is 230 g/mol. The molecule has 88 valence electrons. The van der Waals surface area contributed by atoms with Crippen LogP contribution in [0.4, 0.5) is 5.69 Å². The molecule has 1 rings (SSSR count). The van der Waals surface area contributed by atoms with Crippen LogP contribution in [-0.2, 0) is 4.74 Å². The quantitative estimate of drug-likeness (QED) is 0.861. The van der Waals surface area contributed by atoms with Crippen molar-refractivity contribution in [2.75, 3.05) is 32.2 Å². The van der Waals surface area contributed by atoms with Gasteiger partial charge in [-0.3, -0.25) is 0 Å². The largest absolute Gasteiger partial charge is 0.478 e. The van der Waals surface area contributed by atoms with Crippen molar-refractivity contribution in [1.29, 1.82) is 0 Å². The summed E-state index contributed by atoms with van der Waals surface area (Å²) < 4.78 is 4.94. The Morgan fingerprint density at radius 3 is 2.81 bits per heavy atom. The summed E-state index contributed by atoms with van der Waals surface area (Å²) in [5.74, 6) is -0.984. The Hall–Kier alpha value is -1.26. The third kappa shape index (κ3) is 2.87.